The van der Waals surface area contributed by atoms with Crippen molar-refractivity contribution in [2.75, 3.05) is 19.1 Å². The second-order valence-corrected chi connectivity index (χ2v) is 10.5. The Balaban J connectivity index is 1.94. The fraction of sp³-hybridized carbons (Fsp3) is 0.241. The molecule has 1 amide bonds. The summed E-state index contributed by atoms with van der Waals surface area (Å²) in [6.45, 7) is 6.28. The van der Waals surface area contributed by atoms with E-state index in [1.54, 1.807) is 36.4 Å². The Morgan fingerprint density at radius 1 is 0.919 bits per heavy atom. The van der Waals surface area contributed by atoms with E-state index in [9.17, 15) is 14.7 Å². The number of carbonyl (C=O) groups excluding carboxylic acids is 2. The molecule has 4 rings (SSSR count). The van der Waals surface area contributed by atoms with Crippen LogP contribution in [0.1, 0.15) is 43.5 Å². The van der Waals surface area contributed by atoms with Crippen LogP contribution < -0.4 is 14.4 Å². The molecule has 1 atom stereocenters. The Kier molecular flexibility index (Phi) is 7.27. The number of halogens is 2. The highest BCUT2D eigenvalue weighted by molar-refractivity contribution is 6.51. The van der Waals surface area contributed by atoms with E-state index < -0.39 is 23.5 Å². The van der Waals surface area contributed by atoms with Crippen LogP contribution in [0.25, 0.3) is 5.76 Å². The normalized spacial score (nSPS) is 17.3. The summed E-state index contributed by atoms with van der Waals surface area (Å²) < 4.78 is 10.6. The number of aliphatic hydroxyl groups is 1. The number of methoxy groups -OCH3 is 2. The van der Waals surface area contributed by atoms with Crippen molar-refractivity contribution in [3.63, 3.8) is 0 Å². The highest BCUT2D eigenvalue weighted by Crippen LogP contribution is 2.44. The summed E-state index contributed by atoms with van der Waals surface area (Å²) in [5.41, 5.74) is 2.19. The molecule has 1 N–H and O–H groups in total. The van der Waals surface area contributed by atoms with Crippen molar-refractivity contribution in [3.8, 4) is 11.5 Å². The van der Waals surface area contributed by atoms with Gasteiger partial charge in [0.05, 0.1) is 35.9 Å². The second kappa shape index (κ2) is 10.1. The molecule has 6 nitrogen and oxygen atoms in total. The summed E-state index contributed by atoms with van der Waals surface area (Å²) in [6, 6.07) is 16.5. The molecule has 0 radical (unpaired) electrons. The van der Waals surface area contributed by atoms with Gasteiger partial charge in [0.2, 0.25) is 0 Å². The maximum absolute atomic E-state index is 13.4. The van der Waals surface area contributed by atoms with Crippen molar-refractivity contribution >= 4 is 46.3 Å². The third-order valence-electron chi connectivity index (χ3n) is 6.34. The molecular formula is C29H27Cl2NO5. The molecule has 192 valence electrons. The van der Waals surface area contributed by atoms with Crippen molar-refractivity contribution in [1.29, 1.82) is 0 Å². The van der Waals surface area contributed by atoms with Gasteiger partial charge >= 0.3 is 0 Å². The zero-order valence-corrected chi connectivity index (χ0v) is 22.6. The average Bonchev–Trinajstić information content (AvgIpc) is 3.13. The first-order chi connectivity index (χ1) is 17.5. The minimum Gasteiger partial charge on any atom is -0.507 e. The van der Waals surface area contributed by atoms with Crippen molar-refractivity contribution in [3.05, 3.63) is 93.0 Å². The van der Waals surface area contributed by atoms with Crippen LogP contribution in [0.5, 0.6) is 11.5 Å². The predicted molar refractivity (Wildman–Crippen MR) is 146 cm³/mol. The first-order valence-electron chi connectivity index (χ1n) is 11.6. The fourth-order valence-corrected chi connectivity index (χ4v) is 5.04. The summed E-state index contributed by atoms with van der Waals surface area (Å²) in [6.07, 6.45) is 0. The lowest BCUT2D eigenvalue weighted by atomic mass is 9.87. The van der Waals surface area contributed by atoms with E-state index in [1.807, 2.05) is 12.1 Å². The zero-order valence-electron chi connectivity index (χ0n) is 21.1. The number of Topliss-reactive ketones (excluding diaryl/α,β-unsaturated/α-hetero) is 1. The molecule has 1 heterocycles. The highest BCUT2D eigenvalue weighted by Gasteiger charge is 2.47. The topological polar surface area (TPSA) is 76.1 Å². The van der Waals surface area contributed by atoms with E-state index in [4.69, 9.17) is 32.7 Å². The summed E-state index contributed by atoms with van der Waals surface area (Å²) in [4.78, 5) is 28.3. The lowest BCUT2D eigenvalue weighted by molar-refractivity contribution is -0.132. The Bertz CT molecular complexity index is 1380. The molecule has 1 unspecified atom stereocenters. The van der Waals surface area contributed by atoms with Gasteiger partial charge in [-0.2, -0.15) is 0 Å². The molecule has 0 saturated carbocycles. The predicted octanol–water partition coefficient (Wildman–Crippen LogP) is 6.93. The minimum atomic E-state index is -0.921. The van der Waals surface area contributed by atoms with Crippen LogP contribution in [0.4, 0.5) is 5.69 Å². The second-order valence-electron chi connectivity index (χ2n) is 9.72. The molecule has 37 heavy (non-hydrogen) atoms. The van der Waals surface area contributed by atoms with Crippen LogP contribution in [0.2, 0.25) is 10.0 Å². The zero-order chi connectivity index (χ0) is 27.1. The molecule has 0 aliphatic carbocycles. The van der Waals surface area contributed by atoms with Crippen LogP contribution in [0.3, 0.4) is 0 Å². The Morgan fingerprint density at radius 3 is 2.08 bits per heavy atom. The maximum Gasteiger partial charge on any atom is 0.300 e. The molecule has 8 heteroatoms. The lowest BCUT2D eigenvalue weighted by Gasteiger charge is -2.27. The van der Waals surface area contributed by atoms with Crippen LogP contribution in [0.15, 0.2) is 66.2 Å². The van der Waals surface area contributed by atoms with Crippen molar-refractivity contribution in [2.24, 2.45) is 0 Å². The molecule has 3 aromatic carbocycles. The van der Waals surface area contributed by atoms with Crippen LogP contribution in [0, 0.1) is 0 Å². The number of hydrogen-bond acceptors (Lipinski definition) is 5. The summed E-state index contributed by atoms with van der Waals surface area (Å²) >= 11 is 12.6. The van der Waals surface area contributed by atoms with Gasteiger partial charge in [-0.15, -0.1) is 0 Å². The van der Waals surface area contributed by atoms with Gasteiger partial charge < -0.3 is 14.6 Å². The number of amides is 1. The molecule has 1 saturated heterocycles. The Labute approximate surface area is 226 Å². The van der Waals surface area contributed by atoms with Gasteiger partial charge in [0, 0.05) is 11.3 Å². The van der Waals surface area contributed by atoms with E-state index >= 15 is 0 Å². The molecular weight excluding hydrogens is 513 g/mol. The fourth-order valence-electron chi connectivity index (χ4n) is 4.39. The molecule has 0 bridgehead atoms. The minimum absolute atomic E-state index is 0.0875. The van der Waals surface area contributed by atoms with Gasteiger partial charge in [-0.3, -0.25) is 14.5 Å². The number of hydrogen-bond donors (Lipinski definition) is 1. The number of anilines is 1. The van der Waals surface area contributed by atoms with Gasteiger partial charge in [-0.05, 0) is 52.9 Å². The lowest BCUT2D eigenvalue weighted by Crippen LogP contribution is -2.29. The monoisotopic (exact) mass is 539 g/mol. The first-order valence-corrected chi connectivity index (χ1v) is 12.3. The van der Waals surface area contributed by atoms with E-state index in [0.717, 1.165) is 5.56 Å². The SMILES string of the molecule is COc1cccc(C2/C(=C(\O)c3cc(Cl)c(OC)c(Cl)c3)C(=O)C(=O)N2c2ccc(C(C)(C)C)cc2)c1. The number of ether oxygens (including phenoxy) is 2. The Morgan fingerprint density at radius 2 is 1.54 bits per heavy atom. The van der Waals surface area contributed by atoms with Crippen LogP contribution in [-0.4, -0.2) is 31.0 Å². The van der Waals surface area contributed by atoms with Gasteiger partial charge in [0.1, 0.15) is 11.5 Å². The van der Waals surface area contributed by atoms with Crippen molar-refractivity contribution in [1.82, 2.24) is 0 Å². The quantitative estimate of drug-likeness (QED) is 0.216. The number of carbonyl (C=O) groups is 2. The molecule has 0 aromatic heterocycles. The van der Waals surface area contributed by atoms with E-state index in [-0.39, 0.29) is 32.3 Å². The van der Waals surface area contributed by atoms with Gasteiger partial charge in [-0.25, -0.2) is 0 Å². The number of benzene rings is 3. The van der Waals surface area contributed by atoms with Crippen molar-refractivity contribution < 1.29 is 24.2 Å². The molecule has 1 fully saturated rings. The standard InChI is InChI=1S/C29H27Cl2NO5/c1-29(2,3)18-9-11-19(12-10-18)32-24(16-7-6-8-20(13-16)36-4)23(26(34)28(32)35)25(33)17-14-21(30)27(37-5)22(31)15-17/h6-15,24,33H,1-5H3/b25-23+. The van der Waals surface area contributed by atoms with Crippen LogP contribution >= 0.6 is 23.2 Å². The first kappa shape index (κ1) is 26.6. The third kappa shape index (κ3) is 4.91. The molecule has 1 aliphatic rings. The molecule has 1 aliphatic heterocycles. The Hall–Kier alpha value is -3.48. The maximum atomic E-state index is 13.4. The number of ketones is 1. The van der Waals surface area contributed by atoms with Gasteiger partial charge in [0.15, 0.2) is 5.75 Å². The van der Waals surface area contributed by atoms with E-state index in [2.05, 4.69) is 20.8 Å². The van der Waals surface area contributed by atoms with Gasteiger partial charge in [0.25, 0.3) is 11.7 Å². The number of aliphatic hydroxyl groups excluding tert-OH is 1. The van der Waals surface area contributed by atoms with E-state index in [1.165, 1.54) is 31.3 Å². The highest BCUT2D eigenvalue weighted by atomic mass is 35.5. The molecule has 3 aromatic rings. The van der Waals surface area contributed by atoms with Gasteiger partial charge in [-0.1, -0.05) is 68.2 Å². The van der Waals surface area contributed by atoms with E-state index in [0.29, 0.717) is 17.0 Å². The summed E-state index contributed by atoms with van der Waals surface area (Å²) in [5.74, 6) is -1.20. The summed E-state index contributed by atoms with van der Waals surface area (Å²) in [5, 5.41) is 11.7. The van der Waals surface area contributed by atoms with Crippen molar-refractivity contribution in [2.45, 2.75) is 32.2 Å². The molecule has 0 spiro atoms. The summed E-state index contributed by atoms with van der Waals surface area (Å²) in [7, 11) is 2.95. The number of rotatable bonds is 5. The average molecular weight is 540 g/mol. The largest absolute Gasteiger partial charge is 0.507 e. The number of nitrogens with zero attached hydrogens (tertiary/aromatic N) is 1. The van der Waals surface area contributed by atoms with Crippen LogP contribution in [-0.2, 0) is 15.0 Å². The third-order valence-corrected chi connectivity index (χ3v) is 6.90. The smallest absolute Gasteiger partial charge is 0.300 e.